The monoisotopic (exact) mass is 297 g/mol. The number of amides is 1. The van der Waals surface area contributed by atoms with E-state index in [1.807, 2.05) is 12.1 Å². The largest absolute Gasteiger partial charge is 0.494 e. The molecule has 20 heavy (non-hydrogen) atoms. The van der Waals surface area contributed by atoms with Crippen LogP contribution in [0.4, 0.5) is 0 Å². The molecule has 4 heteroatoms. The Balaban J connectivity index is 2.59. The lowest BCUT2D eigenvalue weighted by Crippen LogP contribution is -2.34. The quantitative estimate of drug-likeness (QED) is 0.740. The molecule has 0 bridgehead atoms. The van der Waals surface area contributed by atoms with E-state index in [9.17, 15) is 4.79 Å². The molecule has 0 atom stereocenters. The molecule has 1 aromatic carbocycles. The van der Waals surface area contributed by atoms with Crippen LogP contribution in [0.3, 0.4) is 0 Å². The van der Waals surface area contributed by atoms with Crippen LogP contribution in [-0.4, -0.2) is 24.9 Å². The molecule has 0 radical (unpaired) electrons. The van der Waals surface area contributed by atoms with Gasteiger partial charge in [0.1, 0.15) is 5.75 Å². The number of ether oxygens (including phenoxy) is 1. The van der Waals surface area contributed by atoms with Crippen molar-refractivity contribution in [3.63, 3.8) is 0 Å². The molecule has 1 amide bonds. The topological polar surface area (TPSA) is 38.3 Å². The highest BCUT2D eigenvalue weighted by atomic mass is 35.5. The maximum absolute atomic E-state index is 12.1. The summed E-state index contributed by atoms with van der Waals surface area (Å²) in [5.41, 5.74) is 0.633. The minimum Gasteiger partial charge on any atom is -0.494 e. The molecule has 0 fully saturated rings. The van der Waals surface area contributed by atoms with Gasteiger partial charge in [0.2, 0.25) is 0 Å². The van der Waals surface area contributed by atoms with Gasteiger partial charge in [0, 0.05) is 18.0 Å². The van der Waals surface area contributed by atoms with Gasteiger partial charge in [-0.2, -0.15) is 0 Å². The van der Waals surface area contributed by atoms with E-state index in [1.54, 1.807) is 12.1 Å². The molecule has 0 aliphatic carbocycles. The maximum atomic E-state index is 12.1. The Morgan fingerprint density at radius 3 is 2.80 bits per heavy atom. The number of carbonyl (C=O) groups excluding carboxylic acids is 1. The van der Waals surface area contributed by atoms with Crippen molar-refractivity contribution in [2.45, 2.75) is 33.6 Å². The number of rotatable bonds is 8. The fourth-order valence-electron chi connectivity index (χ4n) is 1.71. The second-order valence-electron chi connectivity index (χ2n) is 5.66. The fourth-order valence-corrected chi connectivity index (χ4v) is 2.22. The number of nitrogens with one attached hydrogen (secondary N) is 1. The van der Waals surface area contributed by atoms with Crippen molar-refractivity contribution in [1.29, 1.82) is 0 Å². The van der Waals surface area contributed by atoms with E-state index in [1.165, 1.54) is 0 Å². The minimum atomic E-state index is -0.0744. The lowest BCUT2D eigenvalue weighted by atomic mass is 9.90. The smallest absolute Gasteiger partial charge is 0.251 e. The van der Waals surface area contributed by atoms with E-state index in [2.05, 4.69) is 26.1 Å². The van der Waals surface area contributed by atoms with Gasteiger partial charge in [0.25, 0.3) is 5.91 Å². The zero-order valence-electron chi connectivity index (χ0n) is 12.5. The number of hydrogen-bond donors (Lipinski definition) is 1. The lowest BCUT2D eigenvalue weighted by Gasteiger charge is -2.23. The van der Waals surface area contributed by atoms with Gasteiger partial charge in [-0.25, -0.2) is 0 Å². The van der Waals surface area contributed by atoms with Crippen molar-refractivity contribution in [2.75, 3.05) is 19.0 Å². The highest BCUT2D eigenvalue weighted by Crippen LogP contribution is 2.20. The summed E-state index contributed by atoms with van der Waals surface area (Å²) in [5.74, 6) is 1.26. The average molecular weight is 298 g/mol. The first kappa shape index (κ1) is 16.8. The maximum Gasteiger partial charge on any atom is 0.251 e. The van der Waals surface area contributed by atoms with Gasteiger partial charge in [0.05, 0.1) is 6.61 Å². The molecular formula is C16H24ClNO2. The predicted molar refractivity (Wildman–Crippen MR) is 83.7 cm³/mol. The van der Waals surface area contributed by atoms with Gasteiger partial charge >= 0.3 is 0 Å². The van der Waals surface area contributed by atoms with Crippen LogP contribution in [-0.2, 0) is 0 Å². The molecule has 0 saturated heterocycles. The summed E-state index contributed by atoms with van der Waals surface area (Å²) >= 11 is 5.76. The molecule has 0 heterocycles. The number of halogens is 1. The number of hydrogen-bond acceptors (Lipinski definition) is 2. The molecular weight excluding hydrogens is 274 g/mol. The summed E-state index contributed by atoms with van der Waals surface area (Å²) < 4.78 is 5.53. The fraction of sp³-hybridized carbons (Fsp3) is 0.562. The summed E-state index contributed by atoms with van der Waals surface area (Å²) in [6, 6.07) is 7.27. The van der Waals surface area contributed by atoms with Crippen LogP contribution in [0.15, 0.2) is 24.3 Å². The first-order valence-corrected chi connectivity index (χ1v) is 7.59. The Labute approximate surface area is 126 Å². The van der Waals surface area contributed by atoms with Crippen molar-refractivity contribution in [3.05, 3.63) is 29.8 Å². The van der Waals surface area contributed by atoms with Crippen molar-refractivity contribution in [1.82, 2.24) is 5.32 Å². The first-order valence-electron chi connectivity index (χ1n) is 7.05. The van der Waals surface area contributed by atoms with E-state index in [0.717, 1.165) is 18.6 Å². The standard InChI is InChI=1S/C16H24ClNO2/c1-4-10-20-14-7-5-6-13(11-14)15(19)18-12-16(2,3)8-9-17/h5-7,11H,4,8-10,12H2,1-3H3,(H,18,19). The summed E-state index contributed by atoms with van der Waals surface area (Å²) in [4.78, 5) is 12.1. The number of alkyl halides is 1. The predicted octanol–water partition coefficient (Wildman–Crippen LogP) is 3.86. The van der Waals surface area contributed by atoms with Crippen molar-refractivity contribution >= 4 is 17.5 Å². The third-order valence-corrected chi connectivity index (χ3v) is 3.26. The Bertz CT molecular complexity index is 432. The van der Waals surface area contributed by atoms with Crippen LogP contribution in [0.2, 0.25) is 0 Å². The molecule has 0 aliphatic heterocycles. The van der Waals surface area contributed by atoms with E-state index in [-0.39, 0.29) is 11.3 Å². The average Bonchev–Trinajstić information content (AvgIpc) is 2.43. The summed E-state index contributed by atoms with van der Waals surface area (Å²) in [6.45, 7) is 7.51. The molecule has 0 saturated carbocycles. The van der Waals surface area contributed by atoms with Gasteiger partial charge in [-0.15, -0.1) is 11.6 Å². The zero-order chi connectivity index (χ0) is 15.0. The second kappa shape index (κ2) is 8.15. The summed E-state index contributed by atoms with van der Waals surface area (Å²) in [7, 11) is 0. The molecule has 0 aromatic heterocycles. The molecule has 1 aromatic rings. The Kier molecular flexibility index (Phi) is 6.86. The third kappa shape index (κ3) is 5.83. The van der Waals surface area contributed by atoms with Crippen molar-refractivity contribution in [3.8, 4) is 5.75 Å². The van der Waals surface area contributed by atoms with E-state index in [0.29, 0.717) is 24.6 Å². The number of benzene rings is 1. The minimum absolute atomic E-state index is 0.00767. The molecule has 1 rings (SSSR count). The summed E-state index contributed by atoms with van der Waals surface area (Å²) in [5, 5.41) is 2.95. The van der Waals surface area contributed by atoms with Crippen molar-refractivity contribution in [2.24, 2.45) is 5.41 Å². The normalized spacial score (nSPS) is 11.2. The van der Waals surface area contributed by atoms with Gasteiger partial charge in [0.15, 0.2) is 0 Å². The van der Waals surface area contributed by atoms with Crippen LogP contribution in [0, 0.1) is 5.41 Å². The van der Waals surface area contributed by atoms with Gasteiger partial charge < -0.3 is 10.1 Å². The third-order valence-electron chi connectivity index (χ3n) is 3.07. The lowest BCUT2D eigenvalue weighted by molar-refractivity contribution is 0.0935. The van der Waals surface area contributed by atoms with Gasteiger partial charge in [-0.3, -0.25) is 4.79 Å². The van der Waals surface area contributed by atoms with Gasteiger partial charge in [-0.1, -0.05) is 26.8 Å². The van der Waals surface area contributed by atoms with Crippen molar-refractivity contribution < 1.29 is 9.53 Å². The molecule has 112 valence electrons. The van der Waals surface area contributed by atoms with Gasteiger partial charge in [-0.05, 0) is 36.5 Å². The molecule has 0 aliphatic rings. The molecule has 0 unspecified atom stereocenters. The first-order chi connectivity index (χ1) is 9.48. The van der Waals surface area contributed by atoms with Crippen LogP contribution in [0.5, 0.6) is 5.75 Å². The molecule has 0 spiro atoms. The highest BCUT2D eigenvalue weighted by molar-refractivity contribution is 6.17. The van der Waals surface area contributed by atoms with E-state index in [4.69, 9.17) is 16.3 Å². The van der Waals surface area contributed by atoms with Crippen LogP contribution < -0.4 is 10.1 Å². The second-order valence-corrected chi connectivity index (χ2v) is 6.04. The Morgan fingerprint density at radius 1 is 1.40 bits per heavy atom. The number of carbonyl (C=O) groups is 1. The Hall–Kier alpha value is -1.22. The molecule has 3 nitrogen and oxygen atoms in total. The summed E-state index contributed by atoms with van der Waals surface area (Å²) in [6.07, 6.45) is 1.82. The van der Waals surface area contributed by atoms with Crippen LogP contribution in [0.1, 0.15) is 44.0 Å². The van der Waals surface area contributed by atoms with E-state index >= 15 is 0 Å². The SMILES string of the molecule is CCCOc1cccc(C(=O)NCC(C)(C)CCCl)c1. The molecule has 1 N–H and O–H groups in total. The van der Waals surface area contributed by atoms with Crippen LogP contribution >= 0.6 is 11.6 Å². The zero-order valence-corrected chi connectivity index (χ0v) is 13.3. The Morgan fingerprint density at radius 2 is 2.15 bits per heavy atom. The van der Waals surface area contributed by atoms with E-state index < -0.39 is 0 Å². The van der Waals surface area contributed by atoms with Crippen LogP contribution in [0.25, 0.3) is 0 Å². The highest BCUT2D eigenvalue weighted by Gasteiger charge is 2.18.